The lowest BCUT2D eigenvalue weighted by Crippen LogP contribution is -2.59. The van der Waals surface area contributed by atoms with Crippen LogP contribution in [0.4, 0.5) is 0 Å². The molecule has 0 aromatic carbocycles. The van der Waals surface area contributed by atoms with Gasteiger partial charge in [-0.05, 0) is 30.5 Å². The van der Waals surface area contributed by atoms with E-state index in [1.165, 1.54) is 9.87 Å². The lowest BCUT2D eigenvalue weighted by molar-refractivity contribution is -0.140. The first-order chi connectivity index (χ1) is 12.0. The van der Waals surface area contributed by atoms with Crippen molar-refractivity contribution in [1.82, 2.24) is 19.1 Å². The van der Waals surface area contributed by atoms with Crippen molar-refractivity contribution in [3.8, 4) is 0 Å². The molecule has 1 saturated carbocycles. The van der Waals surface area contributed by atoms with Crippen LogP contribution in [0.3, 0.4) is 0 Å². The summed E-state index contributed by atoms with van der Waals surface area (Å²) in [5.74, 6) is -0.0360. The van der Waals surface area contributed by atoms with Crippen molar-refractivity contribution in [2.75, 3.05) is 39.3 Å². The average Bonchev–Trinajstić information content (AvgIpc) is 3.40. The fourth-order valence-electron chi connectivity index (χ4n) is 3.51. The van der Waals surface area contributed by atoms with Gasteiger partial charge in [-0.25, -0.2) is 8.42 Å². The number of nitrogens with zero attached hydrogens (tertiary/aromatic N) is 4. The third-order valence-electron chi connectivity index (χ3n) is 5.34. The summed E-state index contributed by atoms with van der Waals surface area (Å²) in [6.45, 7) is 4.76. The number of carbonyl (C=O) groups is 1. The third kappa shape index (κ3) is 3.56. The Labute approximate surface area is 148 Å². The van der Waals surface area contributed by atoms with Crippen molar-refractivity contribution < 1.29 is 13.2 Å². The van der Waals surface area contributed by atoms with E-state index < -0.39 is 10.0 Å². The van der Waals surface area contributed by atoms with Crippen LogP contribution in [0.5, 0.6) is 0 Å². The molecule has 1 aromatic heterocycles. The fraction of sp³-hybridized carbons (Fsp3) is 0.647. The Morgan fingerprint density at radius 1 is 1.08 bits per heavy atom. The van der Waals surface area contributed by atoms with Crippen LogP contribution in [0, 0.1) is 5.92 Å². The SMILES string of the molecule is O=C(C1CN(S(=O)(=O)C2CC2)C1)N1CCN(Cc2ccncc2)CC1. The predicted octanol–water partition coefficient (Wildman–Crippen LogP) is 0.150. The molecular formula is C17H24N4O3S. The summed E-state index contributed by atoms with van der Waals surface area (Å²) in [6, 6.07) is 4.03. The van der Waals surface area contributed by atoms with Crippen molar-refractivity contribution in [3.63, 3.8) is 0 Å². The van der Waals surface area contributed by atoms with Gasteiger partial charge in [-0.3, -0.25) is 14.7 Å². The number of sulfonamides is 1. The molecular weight excluding hydrogens is 340 g/mol. The molecule has 25 heavy (non-hydrogen) atoms. The van der Waals surface area contributed by atoms with Crippen LogP contribution in [0.1, 0.15) is 18.4 Å². The molecule has 0 unspecified atom stereocenters. The van der Waals surface area contributed by atoms with E-state index in [0.29, 0.717) is 13.1 Å². The summed E-state index contributed by atoms with van der Waals surface area (Å²) < 4.78 is 25.7. The highest BCUT2D eigenvalue weighted by atomic mass is 32.2. The second-order valence-electron chi connectivity index (χ2n) is 7.22. The Morgan fingerprint density at radius 3 is 2.32 bits per heavy atom. The highest BCUT2D eigenvalue weighted by Crippen LogP contribution is 2.34. The Morgan fingerprint density at radius 2 is 1.72 bits per heavy atom. The molecule has 136 valence electrons. The van der Waals surface area contributed by atoms with E-state index in [0.717, 1.165) is 45.6 Å². The quantitative estimate of drug-likeness (QED) is 0.744. The standard InChI is InChI=1S/C17H24N4O3S/c22-17(15-12-21(13-15)25(23,24)16-1-2-16)20-9-7-19(8-10-20)11-14-3-5-18-6-4-14/h3-6,15-16H,1-2,7-13H2. The zero-order valence-electron chi connectivity index (χ0n) is 14.2. The summed E-state index contributed by atoms with van der Waals surface area (Å²) in [6.07, 6.45) is 5.15. The van der Waals surface area contributed by atoms with E-state index in [-0.39, 0.29) is 17.1 Å². The van der Waals surface area contributed by atoms with Crippen molar-refractivity contribution in [1.29, 1.82) is 0 Å². The maximum absolute atomic E-state index is 12.6. The lowest BCUT2D eigenvalue weighted by Gasteiger charge is -2.42. The Hall–Kier alpha value is -1.51. The molecule has 2 aliphatic heterocycles. The molecule has 3 heterocycles. The second-order valence-corrected chi connectivity index (χ2v) is 9.43. The minimum Gasteiger partial charge on any atom is -0.340 e. The summed E-state index contributed by atoms with van der Waals surface area (Å²) in [5.41, 5.74) is 1.23. The fourth-order valence-corrected chi connectivity index (χ4v) is 5.44. The van der Waals surface area contributed by atoms with Gasteiger partial charge in [0.15, 0.2) is 0 Å². The molecule has 7 nitrogen and oxygen atoms in total. The van der Waals surface area contributed by atoms with Crippen molar-refractivity contribution in [2.24, 2.45) is 5.92 Å². The van der Waals surface area contributed by atoms with Gasteiger partial charge >= 0.3 is 0 Å². The molecule has 0 radical (unpaired) electrons. The molecule has 0 bridgehead atoms. The number of amides is 1. The summed E-state index contributed by atoms with van der Waals surface area (Å²) in [4.78, 5) is 20.8. The highest BCUT2D eigenvalue weighted by Gasteiger charge is 2.47. The molecule has 0 spiro atoms. The van der Waals surface area contributed by atoms with E-state index in [1.54, 1.807) is 12.4 Å². The van der Waals surface area contributed by atoms with Gasteiger partial charge in [0.2, 0.25) is 15.9 Å². The van der Waals surface area contributed by atoms with Crippen LogP contribution < -0.4 is 0 Å². The number of hydrogen-bond donors (Lipinski definition) is 0. The first-order valence-electron chi connectivity index (χ1n) is 8.93. The number of hydrogen-bond acceptors (Lipinski definition) is 5. The van der Waals surface area contributed by atoms with Gasteiger partial charge in [-0.1, -0.05) is 0 Å². The normalized spacial score (nSPS) is 23.4. The van der Waals surface area contributed by atoms with Gasteiger partial charge in [0.05, 0.1) is 11.2 Å². The van der Waals surface area contributed by atoms with Crippen LogP contribution in [0.15, 0.2) is 24.5 Å². The molecule has 1 aliphatic carbocycles. The Kier molecular flexibility index (Phi) is 4.51. The van der Waals surface area contributed by atoms with E-state index in [4.69, 9.17) is 0 Å². The van der Waals surface area contributed by atoms with Crippen LogP contribution in [0.2, 0.25) is 0 Å². The highest BCUT2D eigenvalue weighted by molar-refractivity contribution is 7.90. The lowest BCUT2D eigenvalue weighted by atomic mass is 10.0. The van der Waals surface area contributed by atoms with Gasteiger partial charge in [0.25, 0.3) is 0 Å². The molecule has 0 N–H and O–H groups in total. The van der Waals surface area contributed by atoms with Gasteiger partial charge in [0, 0.05) is 58.2 Å². The maximum atomic E-state index is 12.6. The largest absolute Gasteiger partial charge is 0.340 e. The molecule has 4 rings (SSSR count). The van der Waals surface area contributed by atoms with Gasteiger partial charge < -0.3 is 4.90 Å². The van der Waals surface area contributed by atoms with Crippen molar-refractivity contribution in [2.45, 2.75) is 24.6 Å². The number of aromatic nitrogens is 1. The van der Waals surface area contributed by atoms with Gasteiger partial charge in [-0.15, -0.1) is 0 Å². The second kappa shape index (κ2) is 6.66. The monoisotopic (exact) mass is 364 g/mol. The predicted molar refractivity (Wildman–Crippen MR) is 93.1 cm³/mol. The number of carbonyl (C=O) groups excluding carboxylic acids is 1. The van der Waals surface area contributed by atoms with Gasteiger partial charge in [0.1, 0.15) is 0 Å². The van der Waals surface area contributed by atoms with E-state index in [2.05, 4.69) is 9.88 Å². The zero-order chi connectivity index (χ0) is 17.4. The molecule has 2 saturated heterocycles. The number of rotatable bonds is 5. The topological polar surface area (TPSA) is 73.8 Å². The number of pyridine rings is 1. The van der Waals surface area contributed by atoms with Crippen molar-refractivity contribution in [3.05, 3.63) is 30.1 Å². The Bertz CT molecular complexity index is 722. The van der Waals surface area contributed by atoms with E-state index in [9.17, 15) is 13.2 Å². The summed E-state index contributed by atoms with van der Waals surface area (Å²) in [7, 11) is -3.12. The van der Waals surface area contributed by atoms with E-state index >= 15 is 0 Å². The average molecular weight is 364 g/mol. The van der Waals surface area contributed by atoms with Crippen LogP contribution in [-0.2, 0) is 21.4 Å². The van der Waals surface area contributed by atoms with Crippen LogP contribution in [-0.4, -0.2) is 77.9 Å². The zero-order valence-corrected chi connectivity index (χ0v) is 15.1. The third-order valence-corrected chi connectivity index (χ3v) is 7.67. The van der Waals surface area contributed by atoms with Gasteiger partial charge in [-0.2, -0.15) is 4.31 Å². The molecule has 8 heteroatoms. The smallest absolute Gasteiger partial charge is 0.228 e. The summed E-state index contributed by atoms with van der Waals surface area (Å²) in [5, 5.41) is -0.180. The first kappa shape index (κ1) is 16.9. The molecule has 3 fully saturated rings. The van der Waals surface area contributed by atoms with Crippen LogP contribution >= 0.6 is 0 Å². The first-order valence-corrected chi connectivity index (χ1v) is 10.4. The molecule has 0 atom stereocenters. The molecule has 1 amide bonds. The molecule has 3 aliphatic rings. The molecule has 1 aromatic rings. The maximum Gasteiger partial charge on any atom is 0.228 e. The minimum atomic E-state index is -3.12. The van der Waals surface area contributed by atoms with E-state index in [1.807, 2.05) is 17.0 Å². The summed E-state index contributed by atoms with van der Waals surface area (Å²) >= 11 is 0. The minimum absolute atomic E-state index is 0.116. The number of piperazine rings is 1. The van der Waals surface area contributed by atoms with Crippen LogP contribution in [0.25, 0.3) is 0 Å². The Balaban J connectivity index is 1.24. The van der Waals surface area contributed by atoms with Crippen molar-refractivity contribution >= 4 is 15.9 Å².